The van der Waals surface area contributed by atoms with Crippen LogP contribution >= 0.6 is 23.2 Å². The summed E-state index contributed by atoms with van der Waals surface area (Å²) in [6, 6.07) is 5.06. The van der Waals surface area contributed by atoms with E-state index in [1.165, 1.54) is 12.4 Å². The summed E-state index contributed by atoms with van der Waals surface area (Å²) < 4.78 is 11.4. The lowest BCUT2D eigenvalue weighted by Gasteiger charge is -2.32. The molecule has 162 valence electrons. The third-order valence-electron chi connectivity index (χ3n) is 6.04. The Bertz CT molecular complexity index is 1100. The monoisotopic (exact) mass is 461 g/mol. The molecular formula is C23H21Cl2NO5. The fraction of sp³-hybridized carbons (Fsp3) is 0.348. The molecule has 1 aromatic heterocycles. The first-order valence-electron chi connectivity index (χ1n) is 10.1. The fourth-order valence-electron chi connectivity index (χ4n) is 4.38. The largest absolute Gasteiger partial charge is 0.619 e. The van der Waals surface area contributed by atoms with E-state index in [0.29, 0.717) is 27.5 Å². The normalized spacial score (nSPS) is 19.5. The van der Waals surface area contributed by atoms with Crippen LogP contribution < -0.4 is 9.47 Å². The Balaban J connectivity index is 1.49. The summed E-state index contributed by atoms with van der Waals surface area (Å²) in [5.41, 5.74) is 3.18. The number of carbonyl (C=O) groups is 2. The van der Waals surface area contributed by atoms with E-state index >= 15 is 0 Å². The van der Waals surface area contributed by atoms with Crippen LogP contribution in [0.3, 0.4) is 0 Å². The van der Waals surface area contributed by atoms with Crippen molar-refractivity contribution in [1.29, 1.82) is 0 Å². The molecule has 2 aromatic rings. The summed E-state index contributed by atoms with van der Waals surface area (Å²) in [6.45, 7) is 1.73. The molecule has 0 saturated heterocycles. The van der Waals surface area contributed by atoms with Crippen LogP contribution in [-0.4, -0.2) is 18.4 Å². The first-order chi connectivity index (χ1) is 14.8. The summed E-state index contributed by atoms with van der Waals surface area (Å²) in [7, 11) is 0. The van der Waals surface area contributed by atoms with Crippen LogP contribution in [0.4, 0.5) is 0 Å². The predicted octanol–water partition coefficient (Wildman–Crippen LogP) is 4.45. The van der Waals surface area contributed by atoms with E-state index in [9.17, 15) is 14.8 Å². The Hall–Kier alpha value is -2.57. The van der Waals surface area contributed by atoms with Crippen molar-refractivity contribution in [3.63, 3.8) is 0 Å². The summed E-state index contributed by atoms with van der Waals surface area (Å²) in [6.07, 6.45) is 7.32. The molecule has 1 aromatic carbocycles. The second kappa shape index (κ2) is 8.52. The molecule has 0 radical (unpaired) electrons. The Kier molecular flexibility index (Phi) is 5.95. The van der Waals surface area contributed by atoms with E-state index in [2.05, 4.69) is 6.92 Å². The highest BCUT2D eigenvalue weighted by Gasteiger charge is 2.44. The lowest BCUT2D eigenvalue weighted by atomic mass is 9.71. The van der Waals surface area contributed by atoms with Crippen molar-refractivity contribution >= 4 is 40.5 Å². The molecule has 6 nitrogen and oxygen atoms in total. The molecule has 0 saturated carbocycles. The molecule has 0 spiro atoms. The van der Waals surface area contributed by atoms with Gasteiger partial charge in [0.25, 0.3) is 0 Å². The van der Waals surface area contributed by atoms with Gasteiger partial charge in [-0.3, -0.25) is 4.79 Å². The van der Waals surface area contributed by atoms with Crippen molar-refractivity contribution in [3.8, 4) is 5.75 Å². The molecule has 2 aliphatic carbocycles. The second-order valence-corrected chi connectivity index (χ2v) is 8.65. The lowest BCUT2D eigenvalue weighted by Crippen LogP contribution is -2.25. The van der Waals surface area contributed by atoms with Crippen LogP contribution in [-0.2, 0) is 27.4 Å². The van der Waals surface area contributed by atoms with E-state index in [-0.39, 0.29) is 29.4 Å². The van der Waals surface area contributed by atoms with Crippen LogP contribution in [0, 0.1) is 10.6 Å². The van der Waals surface area contributed by atoms with Gasteiger partial charge in [0.05, 0.1) is 10.6 Å². The van der Waals surface area contributed by atoms with Crippen molar-refractivity contribution in [2.75, 3.05) is 6.61 Å². The molecule has 1 unspecified atom stereocenters. The number of aromatic nitrogens is 1. The lowest BCUT2D eigenvalue weighted by molar-refractivity contribution is -0.606. The number of allylic oxidation sites excluding steroid dienone is 2. The highest BCUT2D eigenvalue weighted by atomic mass is 35.5. The standard InChI is InChI=1S/C23H21Cl2NO5/c1-2-23-6-5-16(27)9-17(23)20-15(10-23)8-18(21(24)22(20)25)30-13-19(28)31-12-14-4-3-7-26(29)11-14/h3-4,7-9,11H,2,5-6,10,12-13H2,1H3. The maximum Gasteiger partial charge on any atom is 0.344 e. The van der Waals surface area contributed by atoms with Gasteiger partial charge >= 0.3 is 5.97 Å². The molecule has 4 rings (SSSR count). The van der Waals surface area contributed by atoms with Crippen molar-refractivity contribution in [2.24, 2.45) is 5.41 Å². The molecule has 0 bridgehead atoms. The summed E-state index contributed by atoms with van der Waals surface area (Å²) in [5.74, 6) is -0.194. The fourth-order valence-corrected chi connectivity index (χ4v) is 4.90. The predicted molar refractivity (Wildman–Crippen MR) is 116 cm³/mol. The molecule has 1 atom stereocenters. The zero-order chi connectivity index (χ0) is 22.2. The number of nitrogens with zero attached hydrogens (tertiary/aromatic N) is 1. The van der Waals surface area contributed by atoms with E-state index in [4.69, 9.17) is 32.7 Å². The van der Waals surface area contributed by atoms with Crippen LogP contribution in [0.15, 0.2) is 36.7 Å². The number of pyridine rings is 1. The molecule has 8 heteroatoms. The van der Waals surface area contributed by atoms with Gasteiger partial charge in [-0.1, -0.05) is 30.1 Å². The number of hydrogen-bond acceptors (Lipinski definition) is 5. The van der Waals surface area contributed by atoms with E-state index in [1.807, 2.05) is 0 Å². The van der Waals surface area contributed by atoms with Gasteiger partial charge in [0.2, 0.25) is 0 Å². The van der Waals surface area contributed by atoms with Crippen molar-refractivity contribution in [2.45, 2.75) is 39.2 Å². The Labute approximate surface area is 190 Å². The minimum absolute atomic E-state index is 0.0366. The van der Waals surface area contributed by atoms with Crippen LogP contribution in [0.25, 0.3) is 5.57 Å². The highest BCUT2D eigenvalue weighted by molar-refractivity contribution is 6.44. The molecular weight excluding hydrogens is 441 g/mol. The number of benzene rings is 1. The first kappa shape index (κ1) is 21.7. The number of halogens is 2. The number of hydrogen-bond donors (Lipinski definition) is 0. The third-order valence-corrected chi connectivity index (χ3v) is 6.89. The summed E-state index contributed by atoms with van der Waals surface area (Å²) in [4.78, 5) is 24.1. The third kappa shape index (κ3) is 4.14. The number of fused-ring (bicyclic) bond motifs is 3. The van der Waals surface area contributed by atoms with Crippen molar-refractivity contribution in [3.05, 3.63) is 68.6 Å². The number of ether oxygens (including phenoxy) is 2. The van der Waals surface area contributed by atoms with Gasteiger partial charge in [0.1, 0.15) is 17.4 Å². The van der Waals surface area contributed by atoms with E-state index in [0.717, 1.165) is 36.0 Å². The number of ketones is 1. The summed E-state index contributed by atoms with van der Waals surface area (Å²) in [5, 5.41) is 11.8. The smallest absolute Gasteiger partial charge is 0.344 e. The molecule has 0 aliphatic heterocycles. The van der Waals surface area contributed by atoms with Gasteiger partial charge < -0.3 is 14.7 Å². The van der Waals surface area contributed by atoms with Crippen LogP contribution in [0.5, 0.6) is 5.75 Å². The quantitative estimate of drug-likeness (QED) is 0.360. The van der Waals surface area contributed by atoms with Gasteiger partial charge in [-0.15, -0.1) is 0 Å². The van der Waals surface area contributed by atoms with Crippen LogP contribution in [0.2, 0.25) is 10.0 Å². The maximum atomic E-state index is 12.1. The highest BCUT2D eigenvalue weighted by Crippen LogP contribution is 2.57. The maximum absolute atomic E-state index is 12.1. The molecule has 0 N–H and O–H groups in total. The van der Waals surface area contributed by atoms with Gasteiger partial charge in [-0.25, -0.2) is 4.79 Å². The van der Waals surface area contributed by atoms with E-state index < -0.39 is 5.97 Å². The van der Waals surface area contributed by atoms with Gasteiger partial charge in [0.15, 0.2) is 24.8 Å². The Morgan fingerprint density at radius 2 is 2.13 bits per heavy atom. The van der Waals surface area contributed by atoms with Gasteiger partial charge in [0, 0.05) is 23.5 Å². The first-order valence-corrected chi connectivity index (χ1v) is 10.8. The average Bonchev–Trinajstić information content (AvgIpc) is 3.08. The number of carbonyl (C=O) groups excluding carboxylic acids is 2. The number of rotatable bonds is 6. The molecule has 2 aliphatic rings. The Morgan fingerprint density at radius 3 is 2.87 bits per heavy atom. The zero-order valence-electron chi connectivity index (χ0n) is 17.0. The van der Waals surface area contributed by atoms with Crippen molar-refractivity contribution in [1.82, 2.24) is 0 Å². The SMILES string of the molecule is CCC12CCC(=O)C=C1c1c(cc(OCC(=O)OCc3ccc[n+]([O-])c3)c(Cl)c1Cl)C2. The van der Waals surface area contributed by atoms with Crippen molar-refractivity contribution < 1.29 is 23.8 Å². The molecule has 0 fully saturated rings. The van der Waals surface area contributed by atoms with Crippen LogP contribution in [0.1, 0.15) is 42.9 Å². The average molecular weight is 462 g/mol. The molecule has 0 amide bonds. The number of esters is 1. The molecule has 31 heavy (non-hydrogen) atoms. The van der Waals surface area contributed by atoms with Gasteiger partial charge in [-0.05, 0) is 48.6 Å². The van der Waals surface area contributed by atoms with Gasteiger partial charge in [-0.2, -0.15) is 4.73 Å². The molecule has 1 heterocycles. The Morgan fingerprint density at radius 1 is 1.32 bits per heavy atom. The minimum Gasteiger partial charge on any atom is -0.619 e. The minimum atomic E-state index is -0.596. The second-order valence-electron chi connectivity index (χ2n) is 7.89. The summed E-state index contributed by atoms with van der Waals surface area (Å²) >= 11 is 13.0. The zero-order valence-corrected chi connectivity index (χ0v) is 18.5. The topological polar surface area (TPSA) is 79.5 Å². The van der Waals surface area contributed by atoms with E-state index in [1.54, 1.807) is 24.3 Å².